The zero-order valence-electron chi connectivity index (χ0n) is 20.8. The van der Waals surface area contributed by atoms with Crippen molar-refractivity contribution in [3.8, 4) is 0 Å². The summed E-state index contributed by atoms with van der Waals surface area (Å²) in [6.45, 7) is 5.24. The summed E-state index contributed by atoms with van der Waals surface area (Å²) < 4.78 is 41.4. The lowest BCUT2D eigenvalue weighted by Crippen LogP contribution is -2.46. The van der Waals surface area contributed by atoms with Crippen molar-refractivity contribution >= 4 is 50.7 Å². The number of nitrogens with zero attached hydrogens (tertiary/aromatic N) is 5. The molecule has 3 N–H and O–H groups in total. The van der Waals surface area contributed by atoms with Crippen LogP contribution in [0.2, 0.25) is 0 Å². The summed E-state index contributed by atoms with van der Waals surface area (Å²) in [6.07, 6.45) is 0.441. The summed E-state index contributed by atoms with van der Waals surface area (Å²) in [4.78, 5) is 31.3. The van der Waals surface area contributed by atoms with Crippen molar-refractivity contribution < 1.29 is 22.8 Å². The van der Waals surface area contributed by atoms with E-state index in [1.165, 1.54) is 17.8 Å². The van der Waals surface area contributed by atoms with Gasteiger partial charge in [0.05, 0.1) is 23.6 Å². The fraction of sp³-hybridized carbons (Fsp3) is 0.375. The minimum absolute atomic E-state index is 0.0668. The first-order chi connectivity index (χ1) is 18.0. The number of alkyl halides is 3. The zero-order valence-corrected chi connectivity index (χ0v) is 21.6. The smallest absolute Gasteiger partial charge is 0.329 e. The summed E-state index contributed by atoms with van der Waals surface area (Å²) in [5.74, 6) is -0.576. The zero-order chi connectivity index (χ0) is 27.2. The largest absolute Gasteiger partial charge is 0.408 e. The number of carbonyl (C=O) groups is 2. The van der Waals surface area contributed by atoms with Crippen molar-refractivity contribution in [3.05, 3.63) is 46.7 Å². The Kier molecular flexibility index (Phi) is 6.59. The van der Waals surface area contributed by atoms with Gasteiger partial charge in [-0.15, -0.1) is 0 Å². The number of H-pyrrole nitrogens is 1. The van der Waals surface area contributed by atoms with Gasteiger partial charge in [-0.3, -0.25) is 19.4 Å². The molecule has 38 heavy (non-hydrogen) atoms. The maximum Gasteiger partial charge on any atom is 0.408 e. The van der Waals surface area contributed by atoms with Crippen molar-refractivity contribution in [2.75, 3.05) is 17.2 Å². The Balaban J connectivity index is 1.28. The molecule has 5 rings (SSSR count). The molecule has 0 bridgehead atoms. The maximum atomic E-state index is 13.3. The van der Waals surface area contributed by atoms with Gasteiger partial charge < -0.3 is 15.5 Å². The summed E-state index contributed by atoms with van der Waals surface area (Å²) in [6, 6.07) is 1.08. The standard InChI is InChI=1S/C24H25F3N8O2S/c1-12-6-7-16-15(9-29-32-16)19(12)30-21(36)17-10-28-23(38-17)31-20-13(2)11-35(33-20)14(3)22(37)34-8-4-5-18(34)24(25,26)27/h6-7,9-11,14,18H,4-5,8H2,1-3H3,(H,29,32)(H,30,36)(H,28,31,33)/t14?,18-/m0/s1. The van der Waals surface area contributed by atoms with Crippen molar-refractivity contribution in [1.29, 1.82) is 0 Å². The van der Waals surface area contributed by atoms with Crippen LogP contribution in [0.3, 0.4) is 0 Å². The molecule has 1 aromatic carbocycles. The second-order valence-corrected chi connectivity index (χ2v) is 10.3. The number of aromatic amines is 1. The highest BCUT2D eigenvalue weighted by Gasteiger charge is 2.48. The Morgan fingerprint density at radius 1 is 1.21 bits per heavy atom. The molecular formula is C24H25F3N8O2S. The highest BCUT2D eigenvalue weighted by Crippen LogP contribution is 2.34. The molecule has 1 aliphatic heterocycles. The SMILES string of the molecule is Cc1cn(C(C)C(=O)N2CCC[C@H]2C(F)(F)F)nc1Nc1ncc(C(=O)Nc2c(C)ccc3[nH]ncc23)s1. The quantitative estimate of drug-likeness (QED) is 0.315. The summed E-state index contributed by atoms with van der Waals surface area (Å²) in [5.41, 5.74) is 3.01. The summed E-state index contributed by atoms with van der Waals surface area (Å²) >= 11 is 1.12. The second kappa shape index (κ2) is 9.74. The number of likely N-dealkylation sites (tertiary alicyclic amines) is 1. The third-order valence-corrected chi connectivity index (χ3v) is 7.52. The number of hydrogen-bond acceptors (Lipinski definition) is 7. The molecule has 1 aliphatic rings. The number of fused-ring (bicyclic) bond motifs is 1. The van der Waals surface area contributed by atoms with E-state index in [1.54, 1.807) is 19.3 Å². The van der Waals surface area contributed by atoms with Gasteiger partial charge >= 0.3 is 6.18 Å². The molecule has 200 valence electrons. The summed E-state index contributed by atoms with van der Waals surface area (Å²) in [5, 5.41) is 18.4. The minimum Gasteiger partial charge on any atom is -0.329 e. The molecule has 4 heterocycles. The Hall–Kier alpha value is -3.94. The van der Waals surface area contributed by atoms with Crippen LogP contribution in [0.25, 0.3) is 10.9 Å². The van der Waals surface area contributed by atoms with Crippen molar-refractivity contribution in [2.24, 2.45) is 0 Å². The van der Waals surface area contributed by atoms with E-state index in [2.05, 4.69) is 30.9 Å². The number of amides is 2. The molecule has 1 unspecified atom stereocenters. The van der Waals surface area contributed by atoms with Crippen LogP contribution in [-0.4, -0.2) is 60.4 Å². The fourth-order valence-electron chi connectivity index (χ4n) is 4.53. The van der Waals surface area contributed by atoms with Gasteiger partial charge in [0.2, 0.25) is 5.91 Å². The third-order valence-electron chi connectivity index (χ3n) is 6.61. The van der Waals surface area contributed by atoms with E-state index < -0.39 is 24.2 Å². The first kappa shape index (κ1) is 25.7. The monoisotopic (exact) mass is 546 g/mol. The topological polar surface area (TPSA) is 121 Å². The molecule has 4 aromatic rings. The predicted molar refractivity (Wildman–Crippen MR) is 137 cm³/mol. The van der Waals surface area contributed by atoms with Crippen LogP contribution < -0.4 is 10.6 Å². The number of halogens is 3. The van der Waals surface area contributed by atoms with Crippen molar-refractivity contribution in [1.82, 2.24) is 29.9 Å². The molecule has 1 fully saturated rings. The second-order valence-electron chi connectivity index (χ2n) is 9.25. The first-order valence-corrected chi connectivity index (χ1v) is 12.7. The molecular weight excluding hydrogens is 521 g/mol. The van der Waals surface area contributed by atoms with Crippen LogP contribution in [0.4, 0.5) is 29.8 Å². The van der Waals surface area contributed by atoms with E-state index in [-0.39, 0.29) is 18.9 Å². The normalized spacial score (nSPS) is 16.7. The molecule has 0 saturated carbocycles. The molecule has 2 amide bonds. The van der Waals surface area contributed by atoms with E-state index in [0.29, 0.717) is 33.5 Å². The highest BCUT2D eigenvalue weighted by atomic mass is 32.1. The average Bonchev–Trinajstić information content (AvgIpc) is 3.67. The number of anilines is 3. The maximum absolute atomic E-state index is 13.3. The molecule has 10 nitrogen and oxygen atoms in total. The van der Waals surface area contributed by atoms with Crippen molar-refractivity contribution in [3.63, 3.8) is 0 Å². The van der Waals surface area contributed by atoms with Gasteiger partial charge in [0.1, 0.15) is 17.0 Å². The molecule has 2 atom stereocenters. The lowest BCUT2D eigenvalue weighted by molar-refractivity contribution is -0.184. The Bertz CT molecular complexity index is 1510. The predicted octanol–water partition coefficient (Wildman–Crippen LogP) is 4.94. The number of thiazole rings is 1. The molecule has 0 radical (unpaired) electrons. The highest BCUT2D eigenvalue weighted by molar-refractivity contribution is 7.17. The fourth-order valence-corrected chi connectivity index (χ4v) is 5.24. The number of hydrogen-bond donors (Lipinski definition) is 3. The Morgan fingerprint density at radius 2 is 2.00 bits per heavy atom. The van der Waals surface area contributed by atoms with Gasteiger partial charge in [0, 0.05) is 23.7 Å². The number of aromatic nitrogens is 5. The lowest BCUT2D eigenvalue weighted by Gasteiger charge is -2.28. The van der Waals surface area contributed by atoms with Crippen LogP contribution >= 0.6 is 11.3 Å². The first-order valence-electron chi connectivity index (χ1n) is 11.9. The van der Waals surface area contributed by atoms with E-state index in [9.17, 15) is 22.8 Å². The molecule has 1 saturated heterocycles. The van der Waals surface area contributed by atoms with Gasteiger partial charge in [-0.1, -0.05) is 17.4 Å². The van der Waals surface area contributed by atoms with Gasteiger partial charge in [-0.2, -0.15) is 23.4 Å². The van der Waals surface area contributed by atoms with Gasteiger partial charge in [-0.05, 0) is 45.2 Å². The van der Waals surface area contributed by atoms with Gasteiger partial charge in [-0.25, -0.2) is 4.98 Å². The average molecular weight is 547 g/mol. The number of nitrogens with one attached hydrogen (secondary N) is 3. The third kappa shape index (κ3) is 4.83. The van der Waals surface area contributed by atoms with E-state index >= 15 is 0 Å². The van der Waals surface area contributed by atoms with Crippen LogP contribution in [0.15, 0.2) is 30.7 Å². The van der Waals surface area contributed by atoms with E-state index in [4.69, 9.17) is 0 Å². The molecule has 0 spiro atoms. The Labute approximate surface area is 219 Å². The number of benzene rings is 1. The Morgan fingerprint density at radius 3 is 2.76 bits per heavy atom. The van der Waals surface area contributed by atoms with E-state index in [0.717, 1.165) is 32.7 Å². The van der Waals surface area contributed by atoms with Gasteiger partial charge in [0.25, 0.3) is 5.91 Å². The van der Waals surface area contributed by atoms with Crippen LogP contribution in [0, 0.1) is 13.8 Å². The van der Waals surface area contributed by atoms with Crippen LogP contribution in [0.5, 0.6) is 0 Å². The van der Waals surface area contributed by atoms with Gasteiger partial charge in [0.15, 0.2) is 10.9 Å². The summed E-state index contributed by atoms with van der Waals surface area (Å²) in [7, 11) is 0. The number of rotatable bonds is 6. The lowest BCUT2D eigenvalue weighted by atomic mass is 10.1. The molecule has 14 heteroatoms. The molecule has 3 aromatic heterocycles. The molecule has 0 aliphatic carbocycles. The number of carbonyl (C=O) groups excluding carboxylic acids is 2. The number of aryl methyl sites for hydroxylation is 2. The van der Waals surface area contributed by atoms with Crippen LogP contribution in [-0.2, 0) is 4.79 Å². The van der Waals surface area contributed by atoms with E-state index in [1.807, 2.05) is 19.1 Å². The minimum atomic E-state index is -4.46. The van der Waals surface area contributed by atoms with Crippen molar-refractivity contribution in [2.45, 2.75) is 51.9 Å². The van der Waals surface area contributed by atoms with Crippen LogP contribution in [0.1, 0.15) is 46.6 Å².